The van der Waals surface area contributed by atoms with Crippen LogP contribution in [0.3, 0.4) is 0 Å². The molecule has 0 aromatic heterocycles. The highest BCUT2D eigenvalue weighted by molar-refractivity contribution is 7.89. The number of sulfonamides is 1. The van der Waals surface area contributed by atoms with Crippen molar-refractivity contribution in [3.63, 3.8) is 0 Å². The summed E-state index contributed by atoms with van der Waals surface area (Å²) in [6.07, 6.45) is 11.5. The van der Waals surface area contributed by atoms with Gasteiger partial charge in [0.05, 0.1) is 11.0 Å². The predicted octanol–water partition coefficient (Wildman–Crippen LogP) is 4.91. The number of nitrogens with two attached hydrogens (primary N) is 1. The maximum absolute atomic E-state index is 11.9. The first-order valence-electron chi connectivity index (χ1n) is 11.6. The number of hydrogen-bond donors (Lipinski definition) is 2. The van der Waals surface area contributed by atoms with Gasteiger partial charge in [-0.15, -0.1) is 6.58 Å². The summed E-state index contributed by atoms with van der Waals surface area (Å²) in [4.78, 5) is 0.215. The lowest BCUT2D eigenvalue weighted by Crippen LogP contribution is -2.54. The van der Waals surface area contributed by atoms with Gasteiger partial charge in [-0.1, -0.05) is 45.3 Å². The van der Waals surface area contributed by atoms with E-state index in [4.69, 9.17) is 5.14 Å². The molecule has 0 aliphatic heterocycles. The van der Waals surface area contributed by atoms with Crippen LogP contribution in [0.4, 0.5) is 0 Å². The largest absolute Gasteiger partial charge is 0.393 e. The molecule has 0 heterocycles. The number of hydrogen-bond acceptors (Lipinski definition) is 3. The summed E-state index contributed by atoms with van der Waals surface area (Å²) in [7, 11) is -3.70. The fraction of sp³-hybridized carbons (Fsp3) is 0.680. The van der Waals surface area contributed by atoms with Crippen molar-refractivity contribution >= 4 is 10.0 Å². The van der Waals surface area contributed by atoms with Gasteiger partial charge in [0.1, 0.15) is 0 Å². The first kappa shape index (κ1) is 22.0. The molecule has 3 aliphatic carbocycles. The topological polar surface area (TPSA) is 80.4 Å². The Hall–Kier alpha value is -1.17. The Kier molecular flexibility index (Phi) is 5.70. The van der Waals surface area contributed by atoms with Crippen LogP contribution in [0.5, 0.6) is 0 Å². The van der Waals surface area contributed by atoms with Crippen LogP contribution in [0, 0.1) is 22.7 Å². The summed E-state index contributed by atoms with van der Waals surface area (Å²) in [6.45, 7) is 8.88. The molecule has 0 radical (unpaired) electrons. The van der Waals surface area contributed by atoms with Crippen LogP contribution in [-0.4, -0.2) is 19.6 Å². The summed E-state index contributed by atoms with van der Waals surface area (Å²) in [6, 6.07) is 5.52. The maximum atomic E-state index is 11.9. The molecule has 2 saturated carbocycles. The third kappa shape index (κ3) is 3.28. The minimum Gasteiger partial charge on any atom is -0.393 e. The minimum absolute atomic E-state index is 0.0303. The van der Waals surface area contributed by atoms with Gasteiger partial charge in [-0.2, -0.15) is 0 Å². The number of aryl methyl sites for hydroxylation is 1. The highest BCUT2D eigenvalue weighted by Crippen LogP contribution is 2.69. The minimum atomic E-state index is -3.70. The van der Waals surface area contributed by atoms with E-state index in [1.165, 1.54) is 24.8 Å². The Bertz CT molecular complexity index is 926. The Morgan fingerprint density at radius 3 is 2.73 bits per heavy atom. The van der Waals surface area contributed by atoms with Crippen LogP contribution < -0.4 is 5.14 Å². The lowest BCUT2D eigenvalue weighted by Gasteiger charge is -2.60. The predicted molar refractivity (Wildman–Crippen MR) is 121 cm³/mol. The van der Waals surface area contributed by atoms with Crippen molar-refractivity contribution in [2.75, 3.05) is 0 Å². The smallest absolute Gasteiger partial charge is 0.238 e. The van der Waals surface area contributed by atoms with E-state index in [1.54, 1.807) is 12.1 Å². The van der Waals surface area contributed by atoms with Crippen LogP contribution in [0.1, 0.15) is 82.3 Å². The van der Waals surface area contributed by atoms with E-state index >= 15 is 0 Å². The zero-order valence-corrected chi connectivity index (χ0v) is 19.3. The van der Waals surface area contributed by atoms with E-state index < -0.39 is 10.0 Å². The Morgan fingerprint density at radius 1 is 1.30 bits per heavy atom. The van der Waals surface area contributed by atoms with Crippen molar-refractivity contribution in [1.82, 2.24) is 0 Å². The normalized spacial score (nSPS) is 37.9. The summed E-state index contributed by atoms with van der Waals surface area (Å²) >= 11 is 0. The first-order chi connectivity index (χ1) is 14.2. The van der Waals surface area contributed by atoms with Gasteiger partial charge >= 0.3 is 0 Å². The van der Waals surface area contributed by atoms with Crippen LogP contribution >= 0.6 is 0 Å². The number of benzene rings is 1. The van der Waals surface area contributed by atoms with Gasteiger partial charge in [0, 0.05) is 0 Å². The van der Waals surface area contributed by atoms with E-state index in [2.05, 4.69) is 26.5 Å². The zero-order valence-electron chi connectivity index (χ0n) is 18.4. The molecule has 1 aromatic rings. The molecule has 2 unspecified atom stereocenters. The molecule has 5 heteroatoms. The number of fused-ring (bicyclic) bond motifs is 5. The van der Waals surface area contributed by atoms with Crippen molar-refractivity contribution in [2.45, 2.75) is 88.6 Å². The SMILES string of the molecule is C=C[C@@]12CCc3cc(S(N)(=O)=O)ccc3C1[C@@H](CCCCC)C[C@@]1(C)C2CC[C@@H]1O. The summed E-state index contributed by atoms with van der Waals surface area (Å²) in [5, 5.41) is 16.4. The van der Waals surface area contributed by atoms with Crippen molar-refractivity contribution < 1.29 is 13.5 Å². The standard InChI is InChI=1S/C25H37NO3S/c1-4-6-7-8-18-16-24(3)21(11-12-22(24)27)25(5-2)14-13-17-15-19(30(26,28)29)9-10-20(17)23(18)25/h5,9-10,15,18,21-23,27H,2,4,6-8,11-14,16H2,1,3H3,(H2,26,28,29)/t18-,21?,22-,23?,24-,25-/m0/s1. The van der Waals surface area contributed by atoms with Crippen LogP contribution in [-0.2, 0) is 16.4 Å². The summed E-state index contributed by atoms with van der Waals surface area (Å²) < 4.78 is 23.8. The quantitative estimate of drug-likeness (QED) is 0.496. The van der Waals surface area contributed by atoms with Gasteiger partial charge in [-0.25, -0.2) is 13.6 Å². The van der Waals surface area contributed by atoms with E-state index in [9.17, 15) is 13.5 Å². The molecular weight excluding hydrogens is 394 g/mol. The maximum Gasteiger partial charge on any atom is 0.238 e. The third-order valence-corrected chi connectivity index (χ3v) is 9.76. The third-order valence-electron chi connectivity index (χ3n) is 8.85. The van der Waals surface area contributed by atoms with Crippen LogP contribution in [0.2, 0.25) is 0 Å². The molecule has 4 nitrogen and oxygen atoms in total. The van der Waals surface area contributed by atoms with E-state index in [0.29, 0.717) is 17.8 Å². The first-order valence-corrected chi connectivity index (χ1v) is 13.2. The lowest BCUT2D eigenvalue weighted by atomic mass is 9.44. The van der Waals surface area contributed by atoms with E-state index in [1.807, 2.05) is 6.07 Å². The highest BCUT2D eigenvalue weighted by atomic mass is 32.2. The second-order valence-corrected chi connectivity index (χ2v) is 11.9. The molecule has 6 atom stereocenters. The highest BCUT2D eigenvalue weighted by Gasteiger charge is 2.63. The Labute approximate surface area is 182 Å². The molecule has 0 bridgehead atoms. The Morgan fingerprint density at radius 2 is 2.07 bits per heavy atom. The molecule has 0 amide bonds. The van der Waals surface area contributed by atoms with Gasteiger partial charge < -0.3 is 5.11 Å². The van der Waals surface area contributed by atoms with E-state index in [0.717, 1.165) is 44.1 Å². The molecule has 30 heavy (non-hydrogen) atoms. The van der Waals surface area contributed by atoms with Crippen molar-refractivity contribution in [1.29, 1.82) is 0 Å². The molecule has 0 spiro atoms. The second-order valence-electron chi connectivity index (χ2n) is 10.3. The van der Waals surface area contributed by atoms with Gasteiger partial charge in [0.2, 0.25) is 10.0 Å². The number of allylic oxidation sites excluding steroid dienone is 1. The number of rotatable bonds is 6. The molecule has 2 fully saturated rings. The summed E-state index contributed by atoms with van der Waals surface area (Å²) in [5.74, 6) is 1.24. The lowest BCUT2D eigenvalue weighted by molar-refractivity contribution is -0.0812. The van der Waals surface area contributed by atoms with Crippen molar-refractivity contribution in [3.8, 4) is 0 Å². The fourth-order valence-corrected chi connectivity index (χ4v) is 8.08. The van der Waals surface area contributed by atoms with Crippen LogP contribution in [0.15, 0.2) is 35.7 Å². The fourth-order valence-electron chi connectivity index (χ4n) is 7.52. The molecule has 166 valence electrons. The van der Waals surface area contributed by atoms with Gasteiger partial charge in [-0.05, 0) is 90.4 Å². The molecule has 3 aliphatic rings. The average Bonchev–Trinajstić information content (AvgIpc) is 3.01. The van der Waals surface area contributed by atoms with Crippen LogP contribution in [0.25, 0.3) is 0 Å². The molecule has 4 rings (SSSR count). The monoisotopic (exact) mass is 431 g/mol. The molecule has 3 N–H and O–H groups in total. The Balaban J connectivity index is 1.83. The van der Waals surface area contributed by atoms with Crippen molar-refractivity contribution in [3.05, 3.63) is 42.0 Å². The van der Waals surface area contributed by atoms with Gasteiger partial charge in [-0.3, -0.25) is 0 Å². The summed E-state index contributed by atoms with van der Waals surface area (Å²) in [5.41, 5.74) is 2.34. The molecule has 0 saturated heterocycles. The van der Waals surface area contributed by atoms with Crippen molar-refractivity contribution in [2.24, 2.45) is 27.8 Å². The second kappa shape index (κ2) is 7.75. The molecule has 1 aromatic carbocycles. The zero-order chi connectivity index (χ0) is 21.7. The van der Waals surface area contributed by atoms with Gasteiger partial charge in [0.15, 0.2) is 0 Å². The number of aliphatic hydroxyl groups is 1. The number of primary sulfonamides is 1. The number of aliphatic hydroxyl groups excluding tert-OH is 1. The number of unbranched alkanes of at least 4 members (excludes halogenated alkanes) is 2. The average molecular weight is 432 g/mol. The van der Waals surface area contributed by atoms with Gasteiger partial charge in [0.25, 0.3) is 0 Å². The molecular formula is C25H37NO3S. The van der Waals surface area contributed by atoms with E-state index in [-0.39, 0.29) is 21.8 Å².